The average Bonchev–Trinajstić information content (AvgIpc) is 2.09. The molecule has 0 unspecified atom stereocenters. The molecule has 0 bridgehead atoms. The SMILES string of the molecule is C[C@](N)(C(=O)O)c1ccc(O)c(F)c1. The molecule has 0 saturated heterocycles. The van der Waals surface area contributed by atoms with Gasteiger partial charge in [-0.25, -0.2) is 9.18 Å². The molecule has 0 fully saturated rings. The lowest BCUT2D eigenvalue weighted by Gasteiger charge is -2.19. The van der Waals surface area contributed by atoms with Gasteiger partial charge in [0.05, 0.1) is 0 Å². The van der Waals surface area contributed by atoms with Gasteiger partial charge in [0.1, 0.15) is 5.54 Å². The molecule has 1 atom stereocenters. The van der Waals surface area contributed by atoms with Crippen LogP contribution in [0.25, 0.3) is 0 Å². The van der Waals surface area contributed by atoms with E-state index in [0.717, 1.165) is 12.1 Å². The first-order chi connectivity index (χ1) is 6.35. The van der Waals surface area contributed by atoms with Gasteiger partial charge >= 0.3 is 5.97 Å². The van der Waals surface area contributed by atoms with Gasteiger partial charge in [-0.2, -0.15) is 0 Å². The van der Waals surface area contributed by atoms with E-state index in [1.165, 1.54) is 13.0 Å². The Balaban J connectivity index is 3.21. The van der Waals surface area contributed by atoms with Crippen molar-refractivity contribution in [3.8, 4) is 5.75 Å². The van der Waals surface area contributed by atoms with Crippen LogP contribution in [0.2, 0.25) is 0 Å². The van der Waals surface area contributed by atoms with Crippen molar-refractivity contribution < 1.29 is 19.4 Å². The smallest absolute Gasteiger partial charge is 0.328 e. The molecular weight excluding hydrogens is 189 g/mol. The number of carboxylic acids is 1. The van der Waals surface area contributed by atoms with Gasteiger partial charge in [-0.05, 0) is 24.6 Å². The van der Waals surface area contributed by atoms with Crippen LogP contribution in [0.4, 0.5) is 4.39 Å². The van der Waals surface area contributed by atoms with Gasteiger partial charge in [-0.1, -0.05) is 6.07 Å². The number of carbonyl (C=O) groups is 1. The van der Waals surface area contributed by atoms with E-state index in [2.05, 4.69) is 0 Å². The normalized spacial score (nSPS) is 14.8. The highest BCUT2D eigenvalue weighted by molar-refractivity contribution is 5.79. The highest BCUT2D eigenvalue weighted by atomic mass is 19.1. The maximum atomic E-state index is 12.9. The first-order valence-electron chi connectivity index (χ1n) is 3.87. The lowest BCUT2D eigenvalue weighted by molar-refractivity contribution is -0.143. The van der Waals surface area contributed by atoms with Crippen LogP contribution in [-0.2, 0) is 10.3 Å². The topological polar surface area (TPSA) is 83.6 Å². The highest BCUT2D eigenvalue weighted by Gasteiger charge is 2.30. The number of carboxylic acid groups (broad SMARTS) is 1. The Morgan fingerprint density at radius 2 is 2.14 bits per heavy atom. The fraction of sp³-hybridized carbons (Fsp3) is 0.222. The monoisotopic (exact) mass is 199 g/mol. The summed E-state index contributed by atoms with van der Waals surface area (Å²) in [5.41, 5.74) is 3.89. The standard InChI is InChI=1S/C9H10FNO3/c1-9(11,8(13)14)5-2-3-7(12)6(10)4-5/h2-4,12H,11H2,1H3,(H,13,14)/t9-/m1/s1. The number of hydrogen-bond donors (Lipinski definition) is 3. The minimum Gasteiger partial charge on any atom is -0.505 e. The quantitative estimate of drug-likeness (QED) is 0.657. The number of nitrogens with two attached hydrogens (primary N) is 1. The molecule has 0 heterocycles. The van der Waals surface area contributed by atoms with Crippen molar-refractivity contribution in [1.29, 1.82) is 0 Å². The van der Waals surface area contributed by atoms with Crippen molar-refractivity contribution in [2.75, 3.05) is 0 Å². The van der Waals surface area contributed by atoms with Crippen LogP contribution in [0.5, 0.6) is 5.75 Å². The summed E-state index contributed by atoms with van der Waals surface area (Å²) in [6.07, 6.45) is 0. The number of phenolic OH excluding ortho intramolecular Hbond substituents is 1. The molecule has 0 radical (unpaired) electrons. The molecule has 0 aliphatic carbocycles. The number of rotatable bonds is 2. The Morgan fingerprint density at radius 1 is 1.57 bits per heavy atom. The summed E-state index contributed by atoms with van der Waals surface area (Å²) in [7, 11) is 0. The molecule has 14 heavy (non-hydrogen) atoms. The van der Waals surface area contributed by atoms with Crippen molar-refractivity contribution in [3.05, 3.63) is 29.6 Å². The second-order valence-corrected chi connectivity index (χ2v) is 3.17. The van der Waals surface area contributed by atoms with Crippen LogP contribution in [0.15, 0.2) is 18.2 Å². The van der Waals surface area contributed by atoms with Gasteiger partial charge in [0.15, 0.2) is 11.6 Å². The largest absolute Gasteiger partial charge is 0.505 e. The summed E-state index contributed by atoms with van der Waals surface area (Å²) in [5.74, 6) is -2.68. The van der Waals surface area contributed by atoms with Crippen molar-refractivity contribution in [2.45, 2.75) is 12.5 Å². The number of benzene rings is 1. The molecule has 0 amide bonds. The molecule has 0 aliphatic rings. The van der Waals surface area contributed by atoms with E-state index in [9.17, 15) is 9.18 Å². The third kappa shape index (κ3) is 1.67. The maximum absolute atomic E-state index is 12.9. The molecule has 76 valence electrons. The van der Waals surface area contributed by atoms with E-state index in [4.69, 9.17) is 15.9 Å². The van der Waals surface area contributed by atoms with Gasteiger partial charge < -0.3 is 15.9 Å². The van der Waals surface area contributed by atoms with Crippen LogP contribution in [0.1, 0.15) is 12.5 Å². The van der Waals surface area contributed by atoms with Crippen LogP contribution in [0, 0.1) is 5.82 Å². The molecule has 4 N–H and O–H groups in total. The molecular formula is C9H10FNO3. The van der Waals surface area contributed by atoms with Crippen LogP contribution >= 0.6 is 0 Å². The molecule has 0 spiro atoms. The number of phenols is 1. The Bertz CT molecular complexity index is 376. The number of halogens is 1. The van der Waals surface area contributed by atoms with Crippen molar-refractivity contribution in [2.24, 2.45) is 5.73 Å². The molecule has 0 aliphatic heterocycles. The third-order valence-corrected chi connectivity index (χ3v) is 1.99. The second kappa shape index (κ2) is 3.26. The zero-order chi connectivity index (χ0) is 10.9. The molecule has 0 aromatic heterocycles. The van der Waals surface area contributed by atoms with E-state index in [-0.39, 0.29) is 5.56 Å². The lowest BCUT2D eigenvalue weighted by atomic mass is 9.93. The van der Waals surface area contributed by atoms with Crippen molar-refractivity contribution in [3.63, 3.8) is 0 Å². The number of hydrogen-bond acceptors (Lipinski definition) is 3. The zero-order valence-electron chi connectivity index (χ0n) is 7.49. The van der Waals surface area contributed by atoms with Crippen molar-refractivity contribution >= 4 is 5.97 Å². The first-order valence-corrected chi connectivity index (χ1v) is 3.87. The average molecular weight is 199 g/mol. The highest BCUT2D eigenvalue weighted by Crippen LogP contribution is 2.23. The molecule has 0 saturated carbocycles. The lowest BCUT2D eigenvalue weighted by Crippen LogP contribution is -2.41. The van der Waals surface area contributed by atoms with Gasteiger partial charge in [0.25, 0.3) is 0 Å². The van der Waals surface area contributed by atoms with Crippen LogP contribution in [0.3, 0.4) is 0 Å². The van der Waals surface area contributed by atoms with E-state index in [1.54, 1.807) is 0 Å². The summed E-state index contributed by atoms with van der Waals surface area (Å²) in [5, 5.41) is 17.6. The van der Waals surface area contributed by atoms with Gasteiger partial charge in [0.2, 0.25) is 0 Å². The molecule has 1 aromatic carbocycles. The second-order valence-electron chi connectivity index (χ2n) is 3.17. The zero-order valence-corrected chi connectivity index (χ0v) is 7.49. The summed E-state index contributed by atoms with van der Waals surface area (Å²) in [6.45, 7) is 1.25. The van der Waals surface area contributed by atoms with Crippen LogP contribution < -0.4 is 5.73 Å². The minimum absolute atomic E-state index is 0.0975. The fourth-order valence-electron chi connectivity index (χ4n) is 0.953. The first kappa shape index (κ1) is 10.5. The molecule has 1 aromatic rings. The summed E-state index contributed by atoms with van der Waals surface area (Å²) in [4.78, 5) is 10.7. The van der Waals surface area contributed by atoms with E-state index < -0.39 is 23.1 Å². The van der Waals surface area contributed by atoms with Crippen molar-refractivity contribution in [1.82, 2.24) is 0 Å². The van der Waals surface area contributed by atoms with Gasteiger partial charge in [0, 0.05) is 0 Å². The summed E-state index contributed by atoms with van der Waals surface area (Å²) in [6, 6.07) is 3.24. The molecule has 4 nitrogen and oxygen atoms in total. The van der Waals surface area contributed by atoms with E-state index >= 15 is 0 Å². The number of aliphatic carboxylic acids is 1. The maximum Gasteiger partial charge on any atom is 0.328 e. The minimum atomic E-state index is -1.66. The Hall–Kier alpha value is -1.62. The van der Waals surface area contributed by atoms with E-state index in [1.807, 2.05) is 0 Å². The predicted octanol–water partition coefficient (Wildman–Crippen LogP) is 0.790. The summed E-state index contributed by atoms with van der Waals surface area (Å²) >= 11 is 0. The van der Waals surface area contributed by atoms with Gasteiger partial charge in [-0.3, -0.25) is 0 Å². The Labute approximate surface area is 79.8 Å². The van der Waals surface area contributed by atoms with Gasteiger partial charge in [-0.15, -0.1) is 0 Å². The Morgan fingerprint density at radius 3 is 2.57 bits per heavy atom. The third-order valence-electron chi connectivity index (χ3n) is 1.99. The van der Waals surface area contributed by atoms with E-state index in [0.29, 0.717) is 0 Å². The predicted molar refractivity (Wildman–Crippen MR) is 47.2 cm³/mol. The number of aromatic hydroxyl groups is 1. The fourth-order valence-corrected chi connectivity index (χ4v) is 0.953. The summed E-state index contributed by atoms with van der Waals surface area (Å²) < 4.78 is 12.9. The Kier molecular flexibility index (Phi) is 2.44. The molecule has 1 rings (SSSR count). The van der Waals surface area contributed by atoms with Crippen LogP contribution in [-0.4, -0.2) is 16.2 Å². The molecule has 5 heteroatoms.